The van der Waals surface area contributed by atoms with E-state index in [9.17, 15) is 4.79 Å². The number of nitrogens with one attached hydrogen (secondary N) is 1. The smallest absolute Gasteiger partial charge is 0.326 e. The third-order valence-corrected chi connectivity index (χ3v) is 4.66. The van der Waals surface area contributed by atoms with Gasteiger partial charge in [-0.3, -0.25) is 9.69 Å². The van der Waals surface area contributed by atoms with Gasteiger partial charge in [0.15, 0.2) is 0 Å². The van der Waals surface area contributed by atoms with Crippen LogP contribution in [0.1, 0.15) is 39.5 Å². The summed E-state index contributed by atoms with van der Waals surface area (Å²) in [7, 11) is 1.88. The zero-order valence-electron chi connectivity index (χ0n) is 13.0. The van der Waals surface area contributed by atoms with Crippen LogP contribution in [-0.4, -0.2) is 61.9 Å². The number of nitrogens with zero attached hydrogens (tertiary/aromatic N) is 1. The molecule has 0 bridgehead atoms. The van der Waals surface area contributed by atoms with Gasteiger partial charge in [-0.2, -0.15) is 0 Å². The fourth-order valence-electron chi connectivity index (χ4n) is 3.52. The van der Waals surface area contributed by atoms with E-state index in [1.807, 2.05) is 14.0 Å². The van der Waals surface area contributed by atoms with Crippen LogP contribution in [0.15, 0.2) is 0 Å². The number of esters is 1. The van der Waals surface area contributed by atoms with E-state index in [4.69, 9.17) is 9.47 Å². The van der Waals surface area contributed by atoms with Crippen molar-refractivity contribution in [2.24, 2.45) is 0 Å². The predicted octanol–water partition coefficient (Wildman–Crippen LogP) is 1.17. The maximum absolute atomic E-state index is 12.3. The van der Waals surface area contributed by atoms with Crippen LogP contribution in [0.5, 0.6) is 0 Å². The Labute approximate surface area is 122 Å². The molecule has 1 aliphatic heterocycles. The molecule has 0 aromatic carbocycles. The Hall–Kier alpha value is -0.650. The summed E-state index contributed by atoms with van der Waals surface area (Å²) < 4.78 is 10.9. The standard InChI is InChI=1S/C15H28N2O3/c1-4-19-14(18)15(16-3)7-5-6-13(10-15)17-8-9-20-12(2)11-17/h12-13,16H,4-11H2,1-3H3. The molecule has 3 atom stereocenters. The Morgan fingerprint density at radius 2 is 2.35 bits per heavy atom. The summed E-state index contributed by atoms with van der Waals surface area (Å²) in [4.78, 5) is 14.8. The molecule has 1 aliphatic carbocycles. The third kappa shape index (κ3) is 3.32. The molecule has 3 unspecified atom stereocenters. The van der Waals surface area contributed by atoms with E-state index >= 15 is 0 Å². The lowest BCUT2D eigenvalue weighted by atomic mass is 9.78. The maximum atomic E-state index is 12.3. The highest BCUT2D eigenvalue weighted by molar-refractivity contribution is 5.81. The zero-order valence-corrected chi connectivity index (χ0v) is 13.0. The minimum atomic E-state index is -0.500. The first-order valence-corrected chi connectivity index (χ1v) is 7.83. The number of hydrogen-bond acceptors (Lipinski definition) is 5. The molecule has 1 N–H and O–H groups in total. The van der Waals surface area contributed by atoms with Gasteiger partial charge < -0.3 is 14.8 Å². The lowest BCUT2D eigenvalue weighted by Gasteiger charge is -2.45. The van der Waals surface area contributed by atoms with E-state index in [2.05, 4.69) is 17.1 Å². The second kappa shape index (κ2) is 6.87. The molecule has 0 amide bonds. The SMILES string of the molecule is CCOC(=O)C1(NC)CCCC(N2CCOC(C)C2)C1. The van der Waals surface area contributed by atoms with Gasteiger partial charge in [0.1, 0.15) is 5.54 Å². The molecule has 1 saturated heterocycles. The van der Waals surface area contributed by atoms with Crippen molar-refractivity contribution in [2.45, 2.75) is 57.2 Å². The number of ether oxygens (including phenoxy) is 2. The van der Waals surface area contributed by atoms with Crippen LogP contribution in [0, 0.1) is 0 Å². The highest BCUT2D eigenvalue weighted by Crippen LogP contribution is 2.33. The van der Waals surface area contributed by atoms with E-state index in [1.54, 1.807) is 0 Å². The third-order valence-electron chi connectivity index (χ3n) is 4.66. The molecule has 5 heteroatoms. The number of likely N-dealkylation sites (N-methyl/N-ethyl adjacent to an activating group) is 1. The molecule has 0 spiro atoms. The van der Waals surface area contributed by atoms with Crippen molar-refractivity contribution < 1.29 is 14.3 Å². The van der Waals surface area contributed by atoms with E-state index in [-0.39, 0.29) is 12.1 Å². The van der Waals surface area contributed by atoms with Crippen molar-refractivity contribution in [3.05, 3.63) is 0 Å². The quantitative estimate of drug-likeness (QED) is 0.785. The van der Waals surface area contributed by atoms with Crippen LogP contribution in [0.3, 0.4) is 0 Å². The van der Waals surface area contributed by atoms with Crippen molar-refractivity contribution in [2.75, 3.05) is 33.4 Å². The highest BCUT2D eigenvalue weighted by Gasteiger charge is 2.44. The van der Waals surface area contributed by atoms with Crippen molar-refractivity contribution in [3.8, 4) is 0 Å². The van der Waals surface area contributed by atoms with Crippen LogP contribution in [0.4, 0.5) is 0 Å². The highest BCUT2D eigenvalue weighted by atomic mass is 16.5. The van der Waals surface area contributed by atoms with Gasteiger partial charge in [0.2, 0.25) is 0 Å². The largest absolute Gasteiger partial charge is 0.465 e. The summed E-state index contributed by atoms with van der Waals surface area (Å²) in [5.74, 6) is -0.0893. The molecule has 1 heterocycles. The maximum Gasteiger partial charge on any atom is 0.326 e. The van der Waals surface area contributed by atoms with E-state index in [0.29, 0.717) is 12.6 Å². The Kier molecular flexibility index (Phi) is 5.41. The first-order valence-electron chi connectivity index (χ1n) is 7.83. The molecule has 0 aromatic heterocycles. The summed E-state index contributed by atoms with van der Waals surface area (Å²) in [6.07, 6.45) is 4.23. The lowest BCUT2D eigenvalue weighted by Crippen LogP contribution is -2.59. The van der Waals surface area contributed by atoms with E-state index in [0.717, 1.165) is 45.4 Å². The summed E-state index contributed by atoms with van der Waals surface area (Å²) >= 11 is 0. The van der Waals surface area contributed by atoms with Crippen LogP contribution in [0.2, 0.25) is 0 Å². The number of carbonyl (C=O) groups excluding carboxylic acids is 1. The molecule has 2 fully saturated rings. The normalized spacial score (nSPS) is 35.8. The molecular weight excluding hydrogens is 256 g/mol. The number of morpholine rings is 1. The zero-order chi connectivity index (χ0) is 14.6. The number of rotatable bonds is 4. The van der Waals surface area contributed by atoms with Gasteiger partial charge in [-0.15, -0.1) is 0 Å². The topological polar surface area (TPSA) is 50.8 Å². The van der Waals surface area contributed by atoms with Crippen molar-refractivity contribution in [3.63, 3.8) is 0 Å². The molecule has 0 aromatic rings. The van der Waals surface area contributed by atoms with Gasteiger partial charge in [-0.05, 0) is 46.6 Å². The van der Waals surface area contributed by atoms with Crippen molar-refractivity contribution in [1.29, 1.82) is 0 Å². The second-order valence-electron chi connectivity index (χ2n) is 5.98. The Morgan fingerprint density at radius 3 is 3.00 bits per heavy atom. The van der Waals surface area contributed by atoms with Gasteiger partial charge in [-0.1, -0.05) is 0 Å². The van der Waals surface area contributed by atoms with Gasteiger partial charge in [0.25, 0.3) is 0 Å². The molecular formula is C15H28N2O3. The Morgan fingerprint density at radius 1 is 1.55 bits per heavy atom. The molecule has 0 radical (unpaired) electrons. The Bertz CT molecular complexity index is 337. The molecule has 5 nitrogen and oxygen atoms in total. The minimum Gasteiger partial charge on any atom is -0.465 e. The molecule has 1 saturated carbocycles. The van der Waals surface area contributed by atoms with Gasteiger partial charge >= 0.3 is 5.97 Å². The average molecular weight is 284 g/mol. The Balaban J connectivity index is 2.04. The van der Waals surface area contributed by atoms with Crippen molar-refractivity contribution >= 4 is 5.97 Å². The van der Waals surface area contributed by atoms with Crippen LogP contribution in [0.25, 0.3) is 0 Å². The molecule has 20 heavy (non-hydrogen) atoms. The average Bonchev–Trinajstić information content (AvgIpc) is 2.47. The summed E-state index contributed by atoms with van der Waals surface area (Å²) in [5, 5.41) is 3.25. The van der Waals surface area contributed by atoms with Gasteiger partial charge in [0.05, 0.1) is 19.3 Å². The lowest BCUT2D eigenvalue weighted by molar-refractivity contribution is -0.154. The summed E-state index contributed by atoms with van der Waals surface area (Å²) in [5.41, 5.74) is -0.500. The van der Waals surface area contributed by atoms with Gasteiger partial charge in [-0.25, -0.2) is 0 Å². The van der Waals surface area contributed by atoms with Crippen LogP contribution >= 0.6 is 0 Å². The summed E-state index contributed by atoms with van der Waals surface area (Å²) in [6, 6.07) is 0.451. The molecule has 2 rings (SSSR count). The fraction of sp³-hybridized carbons (Fsp3) is 0.933. The fourth-order valence-corrected chi connectivity index (χ4v) is 3.52. The minimum absolute atomic E-state index is 0.0893. The molecule has 2 aliphatic rings. The van der Waals surface area contributed by atoms with E-state index < -0.39 is 5.54 Å². The summed E-state index contributed by atoms with van der Waals surface area (Å²) in [6.45, 7) is 7.16. The van der Waals surface area contributed by atoms with Crippen LogP contribution in [-0.2, 0) is 14.3 Å². The monoisotopic (exact) mass is 284 g/mol. The first-order chi connectivity index (χ1) is 9.61. The predicted molar refractivity (Wildman–Crippen MR) is 77.7 cm³/mol. The van der Waals surface area contributed by atoms with Crippen LogP contribution < -0.4 is 5.32 Å². The van der Waals surface area contributed by atoms with E-state index in [1.165, 1.54) is 0 Å². The second-order valence-corrected chi connectivity index (χ2v) is 5.98. The first kappa shape index (κ1) is 15.7. The van der Waals surface area contributed by atoms with Gasteiger partial charge in [0, 0.05) is 19.1 Å². The molecule has 116 valence electrons. The number of hydrogen-bond donors (Lipinski definition) is 1. The van der Waals surface area contributed by atoms with Crippen molar-refractivity contribution in [1.82, 2.24) is 10.2 Å². The number of carbonyl (C=O) groups is 1.